The number of allylic oxidation sites excluding steroid dienone is 1. The molecule has 0 fully saturated rings. The highest BCUT2D eigenvalue weighted by Gasteiger charge is 2.33. The summed E-state index contributed by atoms with van der Waals surface area (Å²) in [7, 11) is 0. The van der Waals surface area contributed by atoms with Crippen molar-refractivity contribution in [1.29, 1.82) is 0 Å². The molecule has 0 bridgehead atoms. The molecule has 11 heteroatoms. The van der Waals surface area contributed by atoms with E-state index in [0.29, 0.717) is 25.7 Å². The third-order valence-corrected chi connectivity index (χ3v) is 5.38. The fourth-order valence-corrected chi connectivity index (χ4v) is 3.59. The Morgan fingerprint density at radius 3 is 2.06 bits per heavy atom. The Bertz CT molecular complexity index is 1410. The molecule has 0 unspecified atom stereocenters. The first kappa shape index (κ1) is 22.1. The van der Waals surface area contributed by atoms with Crippen LogP contribution in [0.5, 0.6) is 0 Å². The molecule has 6 N–H and O–H groups in total. The molecule has 0 radical (unpaired) electrons. The van der Waals surface area contributed by atoms with Gasteiger partial charge in [0.1, 0.15) is 6.73 Å². The zero-order valence-electron chi connectivity index (χ0n) is 16.8. The minimum absolute atomic E-state index is 0.181. The van der Waals surface area contributed by atoms with Crippen molar-refractivity contribution in [2.24, 2.45) is 0 Å². The number of halogens is 1. The molecule has 4 rings (SSSR count). The molecule has 0 saturated carbocycles. The minimum Gasteiger partial charge on any atom is -0.503 e. The molecule has 10 nitrogen and oxygen atoms in total. The van der Waals surface area contributed by atoms with E-state index in [-0.39, 0.29) is 11.8 Å². The molecule has 0 spiro atoms. The van der Waals surface area contributed by atoms with Gasteiger partial charge in [0.15, 0.2) is 11.5 Å². The number of rotatable bonds is 4. The Labute approximate surface area is 191 Å². The van der Waals surface area contributed by atoms with Gasteiger partial charge in [0.25, 0.3) is 5.56 Å². The van der Waals surface area contributed by atoms with Gasteiger partial charge in [-0.2, -0.15) is 9.78 Å². The first-order valence-electron chi connectivity index (χ1n) is 9.57. The quantitative estimate of drug-likeness (QED) is 0.336. The molecule has 2 aromatic carbocycles. The van der Waals surface area contributed by atoms with Crippen LogP contribution >= 0.6 is 11.6 Å². The predicted octanol–water partition coefficient (Wildman–Crippen LogP) is 3.20. The summed E-state index contributed by atoms with van der Waals surface area (Å²) in [5.74, 6) is -5.73. The van der Waals surface area contributed by atoms with Crippen molar-refractivity contribution in [2.75, 3.05) is 6.73 Å². The Morgan fingerprint density at radius 2 is 1.42 bits per heavy atom. The first-order valence-corrected chi connectivity index (χ1v) is 9.95. The average Bonchev–Trinajstić information content (AvgIpc) is 2.87. The van der Waals surface area contributed by atoms with E-state index < -0.39 is 47.0 Å². The van der Waals surface area contributed by atoms with Crippen molar-refractivity contribution in [3.05, 3.63) is 104 Å². The molecule has 1 aromatic heterocycles. The second-order valence-electron chi connectivity index (χ2n) is 7.12. The van der Waals surface area contributed by atoms with E-state index in [9.17, 15) is 35.4 Å². The number of fused-ring (bicyclic) bond motifs is 1. The molecule has 1 aliphatic heterocycles. The number of hydrogen-bond donors (Lipinski definition) is 6. The highest BCUT2D eigenvalue weighted by atomic mass is 35.5. The molecule has 170 valence electrons. The molecule has 0 atom stereocenters. The van der Waals surface area contributed by atoms with E-state index in [1.54, 1.807) is 42.5 Å². The summed E-state index contributed by atoms with van der Waals surface area (Å²) in [6.07, 6.45) is 0.234. The van der Waals surface area contributed by atoms with Gasteiger partial charge in [-0.15, -0.1) is 0 Å². The first-order chi connectivity index (χ1) is 15.7. The number of aliphatic hydroxyl groups is 6. The van der Waals surface area contributed by atoms with Crippen LogP contribution in [0.3, 0.4) is 0 Å². The van der Waals surface area contributed by atoms with Crippen LogP contribution in [-0.2, 0) is 6.42 Å². The van der Waals surface area contributed by atoms with Gasteiger partial charge in [-0.1, -0.05) is 41.9 Å². The fourth-order valence-electron chi connectivity index (χ4n) is 3.46. The number of benzene rings is 2. The van der Waals surface area contributed by atoms with Crippen LogP contribution in [0.15, 0.2) is 82.4 Å². The second kappa shape index (κ2) is 8.41. The molecular weight excluding hydrogens is 454 g/mol. The lowest BCUT2D eigenvalue weighted by molar-refractivity contribution is 0.0582. The average molecular weight is 472 g/mol. The van der Waals surface area contributed by atoms with Gasteiger partial charge in [-0.25, -0.2) is 0 Å². The smallest absolute Gasteiger partial charge is 0.279 e. The summed E-state index contributed by atoms with van der Waals surface area (Å²) in [6.45, 7) is -1.06. The minimum atomic E-state index is -1.20. The summed E-state index contributed by atoms with van der Waals surface area (Å²) in [5, 5.41) is 66.5. The van der Waals surface area contributed by atoms with E-state index in [1.165, 1.54) is 6.07 Å². The third kappa shape index (κ3) is 3.71. The number of nitrogens with zero attached hydrogens (tertiary/aromatic N) is 3. The lowest BCUT2D eigenvalue weighted by Gasteiger charge is -2.19. The zero-order chi connectivity index (χ0) is 23.9. The molecule has 2 heterocycles. The van der Waals surface area contributed by atoms with Crippen molar-refractivity contribution in [2.45, 2.75) is 6.42 Å². The second-order valence-corrected chi connectivity index (χ2v) is 7.56. The van der Waals surface area contributed by atoms with E-state index >= 15 is 0 Å². The Hall–Kier alpha value is -4.15. The van der Waals surface area contributed by atoms with E-state index in [0.717, 1.165) is 5.56 Å². The van der Waals surface area contributed by atoms with Crippen molar-refractivity contribution in [1.82, 2.24) is 14.7 Å². The molecule has 0 saturated heterocycles. The highest BCUT2D eigenvalue weighted by molar-refractivity contribution is 6.30. The van der Waals surface area contributed by atoms with Crippen LogP contribution in [0.4, 0.5) is 0 Å². The summed E-state index contributed by atoms with van der Waals surface area (Å²) in [5.41, 5.74) is -0.399. The molecular formula is C22H18ClN3O7. The zero-order valence-corrected chi connectivity index (χ0v) is 17.6. The highest BCUT2D eigenvalue weighted by Crippen LogP contribution is 2.30. The Kier molecular flexibility index (Phi) is 5.62. The standard InChI is InChI=1S/C22H18ClN3O7/c23-12-7-5-11(6-8-12)9-15-13-3-1-2-4-14(13)20(31)26(24-15)16-17(28)19(30)22(33)25(10-27)21(32)18(16)29/h1-8,27-30,32-33H,9-10H2. The van der Waals surface area contributed by atoms with Crippen LogP contribution in [0.1, 0.15) is 11.3 Å². The van der Waals surface area contributed by atoms with Gasteiger partial charge >= 0.3 is 0 Å². The van der Waals surface area contributed by atoms with Crippen LogP contribution in [0.25, 0.3) is 16.5 Å². The third-order valence-electron chi connectivity index (χ3n) is 5.13. The monoisotopic (exact) mass is 471 g/mol. The topological polar surface area (TPSA) is 160 Å². The van der Waals surface area contributed by atoms with Gasteiger partial charge in [0, 0.05) is 16.8 Å². The van der Waals surface area contributed by atoms with Crippen molar-refractivity contribution in [3.8, 4) is 0 Å². The molecule has 0 amide bonds. The van der Waals surface area contributed by atoms with Gasteiger partial charge in [-0.05, 0) is 23.8 Å². The largest absolute Gasteiger partial charge is 0.503 e. The predicted molar refractivity (Wildman–Crippen MR) is 120 cm³/mol. The van der Waals surface area contributed by atoms with Crippen molar-refractivity contribution >= 4 is 28.1 Å². The maximum Gasteiger partial charge on any atom is 0.279 e. The normalized spacial score (nSPS) is 14.9. The van der Waals surface area contributed by atoms with E-state index in [2.05, 4.69) is 5.10 Å². The van der Waals surface area contributed by atoms with Crippen molar-refractivity contribution < 1.29 is 30.6 Å². The SMILES string of the molecule is O=c1c2ccccc2c(Cc2ccc(Cl)cc2)nn1C1=C(O)C(O)=C(O)N(CO)C(O)=C1O. The van der Waals surface area contributed by atoms with E-state index in [1.807, 2.05) is 0 Å². The summed E-state index contributed by atoms with van der Waals surface area (Å²) < 4.78 is 0.610. The van der Waals surface area contributed by atoms with Crippen LogP contribution in [-0.4, -0.2) is 52.1 Å². The fraction of sp³-hybridized carbons (Fsp3) is 0.0909. The van der Waals surface area contributed by atoms with Crippen molar-refractivity contribution in [3.63, 3.8) is 0 Å². The maximum absolute atomic E-state index is 13.2. The van der Waals surface area contributed by atoms with Gasteiger partial charge in [0.2, 0.25) is 23.3 Å². The summed E-state index contributed by atoms with van der Waals surface area (Å²) in [6, 6.07) is 13.5. The summed E-state index contributed by atoms with van der Waals surface area (Å²) in [4.78, 5) is 13.5. The Balaban J connectivity index is 2.01. The number of aliphatic hydroxyl groups excluding tert-OH is 6. The molecule has 0 aliphatic carbocycles. The summed E-state index contributed by atoms with van der Waals surface area (Å²) >= 11 is 5.95. The molecule has 3 aromatic rings. The number of aromatic nitrogens is 2. The lowest BCUT2D eigenvalue weighted by atomic mass is 10.0. The lowest BCUT2D eigenvalue weighted by Crippen LogP contribution is -2.27. The van der Waals surface area contributed by atoms with Crippen LogP contribution < -0.4 is 5.56 Å². The van der Waals surface area contributed by atoms with Crippen LogP contribution in [0, 0.1) is 0 Å². The number of hydrogen-bond acceptors (Lipinski definition) is 9. The Morgan fingerprint density at radius 1 is 0.818 bits per heavy atom. The maximum atomic E-state index is 13.2. The van der Waals surface area contributed by atoms with Crippen LogP contribution in [0.2, 0.25) is 5.02 Å². The molecule has 1 aliphatic rings. The molecule has 33 heavy (non-hydrogen) atoms. The van der Waals surface area contributed by atoms with Gasteiger partial charge in [0.05, 0.1) is 11.1 Å². The van der Waals surface area contributed by atoms with Gasteiger partial charge in [-0.3, -0.25) is 9.69 Å². The van der Waals surface area contributed by atoms with E-state index in [4.69, 9.17) is 11.6 Å². The van der Waals surface area contributed by atoms with Gasteiger partial charge < -0.3 is 30.6 Å².